The molecule has 17 heteroatoms. The number of allylic oxidation sites excluding steroid dienone is 4. The quantitative estimate of drug-likeness (QED) is 0.126. The van der Waals surface area contributed by atoms with Crippen LogP contribution in [0.25, 0.3) is 4.65 Å². The van der Waals surface area contributed by atoms with Gasteiger partial charge >= 0.3 is 54.1 Å². The summed E-state index contributed by atoms with van der Waals surface area (Å²) in [4.78, 5) is 30.9. The van der Waals surface area contributed by atoms with E-state index in [1.807, 2.05) is 0 Å². The van der Waals surface area contributed by atoms with E-state index in [2.05, 4.69) is 75.1 Å². The van der Waals surface area contributed by atoms with E-state index >= 15 is 0 Å². The molecule has 0 unspecified atom stereocenters. The molecule has 4 aliphatic carbocycles. The van der Waals surface area contributed by atoms with Crippen molar-refractivity contribution < 1.29 is 87.9 Å². The van der Waals surface area contributed by atoms with Crippen molar-refractivity contribution in [3.05, 3.63) is 27.3 Å². The van der Waals surface area contributed by atoms with Crippen LogP contribution in [-0.2, 0) is 9.59 Å². The second kappa shape index (κ2) is 16.9. The molecule has 1 saturated heterocycles. The Balaban J connectivity index is 0.000000367. The van der Waals surface area contributed by atoms with Gasteiger partial charge in [0.2, 0.25) is 0 Å². The number of ketones is 2. The molecule has 0 N–H and O–H groups in total. The third-order valence-corrected chi connectivity index (χ3v) is 17.1. The molecule has 4 bridgehead atoms. The van der Waals surface area contributed by atoms with Crippen LogP contribution in [0.15, 0.2) is 22.7 Å². The van der Waals surface area contributed by atoms with E-state index < -0.39 is 96.6 Å². The maximum absolute atomic E-state index is 12.5. The number of hydrogen-bond acceptors (Lipinski definition) is 7. The van der Waals surface area contributed by atoms with Gasteiger partial charge < -0.3 is 14.9 Å². The molecule has 5 rings (SSSR count). The molecule has 1 heterocycles. The maximum Gasteiger partial charge on any atom is 3.00 e. The SMILES string of the molecule is CC1(C)[C@@H]2CC[C@@]1(C)C(=O)/C2=C(\[O-])C(F)(F)F.CC1(C)[C@@H]2CC[C@@]1(C)C(=O)/C2=C(\[O-])C(F)(F)F.CN1CN(C)CN(C)C1.C[Si](C)(C)[N-][Si](C)(C)C.[Ce+3]. The van der Waals surface area contributed by atoms with Crippen LogP contribution < -0.4 is 10.2 Å². The van der Waals surface area contributed by atoms with Crippen molar-refractivity contribution in [2.75, 3.05) is 41.1 Å². The first-order valence-electron chi connectivity index (χ1n) is 17.8. The molecule has 0 aromatic rings. The summed E-state index contributed by atoms with van der Waals surface area (Å²) in [7, 11) is 4.18. The minimum atomic E-state index is -4.94. The van der Waals surface area contributed by atoms with Crippen molar-refractivity contribution in [3.8, 4) is 0 Å². The molecule has 1 radical (unpaired) electrons. The Labute approximate surface area is 349 Å². The summed E-state index contributed by atoms with van der Waals surface area (Å²) in [5, 5.41) is 22.6. The Morgan fingerprint density at radius 2 is 0.868 bits per heavy atom. The third-order valence-electron chi connectivity index (χ3n) is 11.8. The first kappa shape index (κ1) is 50.7. The van der Waals surface area contributed by atoms with Gasteiger partial charge in [0.1, 0.15) is 0 Å². The molecule has 4 atom stereocenters. The van der Waals surface area contributed by atoms with Gasteiger partial charge in [-0.3, -0.25) is 24.3 Å². The fourth-order valence-corrected chi connectivity index (χ4v) is 17.0. The molecule has 0 amide bonds. The van der Waals surface area contributed by atoms with Crippen molar-refractivity contribution in [3.63, 3.8) is 0 Å². The normalized spacial score (nSPS) is 31.8. The monoisotopic (exact) mass is 923 g/mol. The zero-order chi connectivity index (χ0) is 41.0. The first-order chi connectivity index (χ1) is 23.0. The van der Waals surface area contributed by atoms with Crippen LogP contribution >= 0.6 is 0 Å². The number of carbonyl (C=O) groups is 2. The number of alkyl halides is 6. The van der Waals surface area contributed by atoms with Crippen molar-refractivity contribution >= 4 is 28.0 Å². The number of hydrogen-bond donors (Lipinski definition) is 0. The van der Waals surface area contributed by atoms with E-state index in [1.165, 1.54) is 0 Å². The number of carbonyl (C=O) groups excluding carboxylic acids is 2. The molecule has 5 fully saturated rings. The summed E-state index contributed by atoms with van der Waals surface area (Å²) >= 11 is 0. The standard InChI is InChI=1S/2C12H15F3O2.C6H15N3.C6H18NSi2.Ce/c2*1-10(2)6-4-5-11(10,3)8(16)7(6)9(17)12(13,14)15;1-7-4-8(2)6-9(3)5-7;1-8(2,3)7-9(4,5)6;/h2*6,17H,4-5H2,1-3H3;4-6H2,1-3H3;1-6H3;/q;;;-1;+3/p-2/b2*9-7-;;;/t2*6-,11+;;;/m11.../s1. The van der Waals surface area contributed by atoms with Crippen molar-refractivity contribution in [2.45, 2.75) is 119 Å². The van der Waals surface area contributed by atoms with Crippen LogP contribution in [0.1, 0.15) is 67.2 Å². The zero-order valence-electron chi connectivity index (χ0n) is 34.3. The largest absolute Gasteiger partial charge is 3.00 e. The van der Waals surface area contributed by atoms with Crippen LogP contribution in [0.5, 0.6) is 0 Å². The number of fused-ring (bicyclic) bond motifs is 4. The van der Waals surface area contributed by atoms with Crippen molar-refractivity contribution in [2.24, 2.45) is 33.5 Å². The van der Waals surface area contributed by atoms with E-state index in [0.29, 0.717) is 25.7 Å². The second-order valence-electron chi connectivity index (χ2n) is 18.9. The fourth-order valence-electron chi connectivity index (χ4n) is 8.94. The van der Waals surface area contributed by atoms with E-state index in [9.17, 15) is 46.1 Å². The topological polar surface area (TPSA) is 104 Å². The molecule has 0 aromatic heterocycles. The van der Waals surface area contributed by atoms with Crippen LogP contribution in [-0.4, -0.2) is 96.2 Å². The molecule has 8 nitrogen and oxygen atoms in total. The third kappa shape index (κ3) is 11.0. The summed E-state index contributed by atoms with van der Waals surface area (Å²) in [6.07, 6.45) is -7.76. The van der Waals surface area contributed by atoms with Gasteiger partial charge in [0, 0.05) is 10.8 Å². The van der Waals surface area contributed by atoms with E-state index in [0.717, 1.165) is 20.0 Å². The average molecular weight is 924 g/mol. The Morgan fingerprint density at radius 3 is 1.02 bits per heavy atom. The van der Waals surface area contributed by atoms with E-state index in [1.54, 1.807) is 41.5 Å². The Kier molecular flexibility index (Phi) is 16.1. The predicted octanol–water partition coefficient (Wildman–Crippen LogP) is 7.07. The molecule has 53 heavy (non-hydrogen) atoms. The number of Topliss-reactive ketones (excluding diaryl/α,β-unsaturated/α-hetero) is 2. The number of halogens is 6. The minimum Gasteiger partial charge on any atom is -0.869 e. The Hall–Kier alpha value is -0.350. The maximum atomic E-state index is 12.5. The minimum absolute atomic E-state index is 0. The molecule has 0 aromatic carbocycles. The molecule has 5 aliphatic rings. The fraction of sp³-hybridized carbons (Fsp3) is 0.833. The van der Waals surface area contributed by atoms with Crippen LogP contribution in [0, 0.1) is 75.2 Å². The van der Waals surface area contributed by atoms with Gasteiger partial charge in [0.25, 0.3) is 0 Å². The van der Waals surface area contributed by atoms with Gasteiger partial charge in [-0.1, -0.05) is 97.3 Å². The summed E-state index contributed by atoms with van der Waals surface area (Å²) in [6, 6.07) is 0. The molecule has 1 aliphatic heterocycles. The molecule has 0 spiro atoms. The number of rotatable bonds is 2. The molecular formula is C36H61CeF6N4O4Si2. The van der Waals surface area contributed by atoms with Gasteiger partial charge in [-0.25, -0.2) is 0 Å². The van der Waals surface area contributed by atoms with E-state index in [-0.39, 0.29) is 41.7 Å². The zero-order valence-corrected chi connectivity index (χ0v) is 39.4. The molecule has 303 valence electrons. The second-order valence-corrected chi connectivity index (χ2v) is 28.5. The Bertz CT molecular complexity index is 1310. The van der Waals surface area contributed by atoms with Gasteiger partial charge in [-0.15, -0.1) is 0 Å². The summed E-state index contributed by atoms with van der Waals surface area (Å²) in [5.74, 6) is -6.17. The Morgan fingerprint density at radius 1 is 0.623 bits per heavy atom. The number of nitrogens with zero attached hydrogens (tertiary/aromatic N) is 4. The van der Waals surface area contributed by atoms with Crippen LogP contribution in [0.2, 0.25) is 39.3 Å². The smallest absolute Gasteiger partial charge is 0.869 e. The van der Waals surface area contributed by atoms with Crippen molar-refractivity contribution in [1.29, 1.82) is 0 Å². The molecular weight excluding hydrogens is 863 g/mol. The summed E-state index contributed by atoms with van der Waals surface area (Å²) in [6.45, 7) is 27.5. The van der Waals surface area contributed by atoms with Crippen LogP contribution in [0.3, 0.4) is 0 Å². The molecule has 4 saturated carbocycles. The van der Waals surface area contributed by atoms with Gasteiger partial charge in [-0.05, 0) is 92.2 Å². The average Bonchev–Trinajstić information content (AvgIpc) is 3.40. The summed E-state index contributed by atoms with van der Waals surface area (Å²) in [5.41, 5.74) is -3.77. The first-order valence-corrected chi connectivity index (χ1v) is 24.7. The summed E-state index contributed by atoms with van der Waals surface area (Å²) < 4.78 is 79.5. The predicted molar refractivity (Wildman–Crippen MR) is 193 cm³/mol. The van der Waals surface area contributed by atoms with Crippen molar-refractivity contribution in [1.82, 2.24) is 14.7 Å². The van der Waals surface area contributed by atoms with E-state index in [4.69, 9.17) is 4.65 Å². The van der Waals surface area contributed by atoms with Crippen LogP contribution in [0.4, 0.5) is 26.3 Å². The van der Waals surface area contributed by atoms with Gasteiger partial charge in [0.15, 0.2) is 11.6 Å². The van der Waals surface area contributed by atoms with Gasteiger partial charge in [-0.2, -0.15) is 26.3 Å². The van der Waals surface area contributed by atoms with Gasteiger partial charge in [0.05, 0.1) is 20.0 Å².